The van der Waals surface area contributed by atoms with Crippen molar-refractivity contribution in [1.29, 1.82) is 0 Å². The van der Waals surface area contributed by atoms with Gasteiger partial charge in [0.1, 0.15) is 12.2 Å². The molecule has 0 bridgehead atoms. The van der Waals surface area contributed by atoms with Crippen LogP contribution in [-0.4, -0.2) is 49.8 Å². The third kappa shape index (κ3) is 1.21. The Labute approximate surface area is 71.4 Å². The van der Waals surface area contributed by atoms with Gasteiger partial charge in [0.2, 0.25) is 5.91 Å². The van der Waals surface area contributed by atoms with Crippen LogP contribution in [0.1, 0.15) is 6.42 Å². The molecule has 1 atom stereocenters. The van der Waals surface area contributed by atoms with Gasteiger partial charge in [0, 0.05) is 20.1 Å². The Kier molecular flexibility index (Phi) is 1.81. The first-order valence-electron chi connectivity index (χ1n) is 4.18. The summed E-state index contributed by atoms with van der Waals surface area (Å²) in [6.45, 7) is 2.26. The fourth-order valence-electron chi connectivity index (χ4n) is 1.72. The molecule has 0 saturated carbocycles. The molecule has 2 heterocycles. The van der Waals surface area contributed by atoms with Crippen LogP contribution in [0.4, 0.5) is 0 Å². The zero-order valence-electron chi connectivity index (χ0n) is 7.21. The smallest absolute Gasteiger partial charge is 0.248 e. The Balaban J connectivity index is 2.05. The topological polar surface area (TPSA) is 38.8 Å². The van der Waals surface area contributed by atoms with Crippen LogP contribution in [0.15, 0.2) is 0 Å². The molecule has 1 amide bonds. The molecule has 0 aliphatic carbocycles. The number of hydrogen-bond donors (Lipinski definition) is 0. The molecule has 2 fully saturated rings. The van der Waals surface area contributed by atoms with Crippen LogP contribution >= 0.6 is 0 Å². The number of hydrogen-bond acceptors (Lipinski definition) is 3. The van der Waals surface area contributed by atoms with Gasteiger partial charge in [-0.15, -0.1) is 0 Å². The molecular weight excluding hydrogens is 158 g/mol. The first-order chi connectivity index (χ1) is 5.72. The monoisotopic (exact) mass is 171 g/mol. The van der Waals surface area contributed by atoms with Crippen LogP contribution in [0.2, 0.25) is 0 Å². The Morgan fingerprint density at radius 1 is 1.58 bits per heavy atom. The molecular formula is C8H13NO3. The highest BCUT2D eigenvalue weighted by Gasteiger charge is 2.41. The standard InChI is InChI=1S/C8H13NO3/c1-9-5-8(2-3-11-6-8)12-4-7(9)10/h2-6H2,1H3. The van der Waals surface area contributed by atoms with Crippen molar-refractivity contribution in [3.63, 3.8) is 0 Å². The Hall–Kier alpha value is -0.610. The number of carbonyl (C=O) groups excluding carboxylic acids is 1. The van der Waals surface area contributed by atoms with Crippen molar-refractivity contribution in [1.82, 2.24) is 4.90 Å². The summed E-state index contributed by atoms with van der Waals surface area (Å²) < 4.78 is 10.8. The number of amides is 1. The van der Waals surface area contributed by atoms with Gasteiger partial charge in [-0.05, 0) is 0 Å². The fraction of sp³-hybridized carbons (Fsp3) is 0.875. The second-order valence-electron chi connectivity index (χ2n) is 3.52. The summed E-state index contributed by atoms with van der Waals surface area (Å²) in [5.41, 5.74) is -0.192. The van der Waals surface area contributed by atoms with Crippen molar-refractivity contribution < 1.29 is 14.3 Å². The molecule has 0 aromatic carbocycles. The molecule has 1 unspecified atom stereocenters. The highest BCUT2D eigenvalue weighted by molar-refractivity contribution is 5.78. The Morgan fingerprint density at radius 2 is 2.42 bits per heavy atom. The Morgan fingerprint density at radius 3 is 3.00 bits per heavy atom. The molecule has 2 aliphatic rings. The third-order valence-corrected chi connectivity index (χ3v) is 2.52. The summed E-state index contributed by atoms with van der Waals surface area (Å²) in [6.07, 6.45) is 0.907. The number of carbonyl (C=O) groups is 1. The lowest BCUT2D eigenvalue weighted by molar-refractivity contribution is -0.160. The minimum atomic E-state index is -0.192. The third-order valence-electron chi connectivity index (χ3n) is 2.52. The van der Waals surface area contributed by atoms with Gasteiger partial charge in [-0.25, -0.2) is 0 Å². The van der Waals surface area contributed by atoms with Gasteiger partial charge in [-0.3, -0.25) is 4.79 Å². The molecule has 12 heavy (non-hydrogen) atoms. The van der Waals surface area contributed by atoms with E-state index >= 15 is 0 Å². The summed E-state index contributed by atoms with van der Waals surface area (Å²) >= 11 is 0. The van der Waals surface area contributed by atoms with E-state index in [0.717, 1.165) is 13.0 Å². The zero-order valence-corrected chi connectivity index (χ0v) is 7.21. The predicted molar refractivity (Wildman–Crippen MR) is 41.8 cm³/mol. The Bertz CT molecular complexity index is 198. The molecule has 68 valence electrons. The predicted octanol–water partition coefficient (Wildman–Crippen LogP) is -0.366. The largest absolute Gasteiger partial charge is 0.378 e. The van der Waals surface area contributed by atoms with E-state index in [0.29, 0.717) is 13.2 Å². The molecule has 2 aliphatic heterocycles. The van der Waals surface area contributed by atoms with E-state index in [2.05, 4.69) is 0 Å². The van der Waals surface area contributed by atoms with Gasteiger partial charge in [0.05, 0.1) is 13.2 Å². The lowest BCUT2D eigenvalue weighted by Crippen LogP contribution is -2.53. The van der Waals surface area contributed by atoms with Crippen molar-refractivity contribution in [2.45, 2.75) is 12.0 Å². The van der Waals surface area contributed by atoms with E-state index in [1.165, 1.54) is 0 Å². The van der Waals surface area contributed by atoms with Crippen LogP contribution in [0, 0.1) is 0 Å². The van der Waals surface area contributed by atoms with Crippen LogP contribution < -0.4 is 0 Å². The van der Waals surface area contributed by atoms with Gasteiger partial charge >= 0.3 is 0 Å². The summed E-state index contributed by atoms with van der Waals surface area (Å²) in [5, 5.41) is 0. The van der Waals surface area contributed by atoms with E-state index in [-0.39, 0.29) is 18.1 Å². The van der Waals surface area contributed by atoms with Gasteiger partial charge in [-0.1, -0.05) is 0 Å². The van der Waals surface area contributed by atoms with Gasteiger partial charge in [0.25, 0.3) is 0 Å². The maximum absolute atomic E-state index is 11.1. The van der Waals surface area contributed by atoms with Crippen molar-refractivity contribution in [3.8, 4) is 0 Å². The summed E-state index contributed by atoms with van der Waals surface area (Å²) in [7, 11) is 1.81. The summed E-state index contributed by atoms with van der Waals surface area (Å²) in [6, 6.07) is 0. The molecule has 0 radical (unpaired) electrons. The number of rotatable bonds is 0. The van der Waals surface area contributed by atoms with Crippen molar-refractivity contribution >= 4 is 5.91 Å². The van der Waals surface area contributed by atoms with Crippen LogP contribution in [0.3, 0.4) is 0 Å². The van der Waals surface area contributed by atoms with Gasteiger partial charge in [0.15, 0.2) is 0 Å². The SMILES string of the molecule is CN1CC2(CCOC2)OCC1=O. The van der Waals surface area contributed by atoms with Gasteiger partial charge in [-0.2, -0.15) is 0 Å². The maximum Gasteiger partial charge on any atom is 0.248 e. The van der Waals surface area contributed by atoms with Crippen LogP contribution in [0.25, 0.3) is 0 Å². The quantitative estimate of drug-likeness (QED) is 0.499. The van der Waals surface area contributed by atoms with E-state index in [1.54, 1.807) is 4.90 Å². The van der Waals surface area contributed by atoms with E-state index < -0.39 is 0 Å². The molecule has 2 saturated heterocycles. The number of nitrogens with zero attached hydrogens (tertiary/aromatic N) is 1. The van der Waals surface area contributed by atoms with Crippen molar-refractivity contribution in [2.24, 2.45) is 0 Å². The average molecular weight is 171 g/mol. The average Bonchev–Trinajstić information content (AvgIpc) is 2.47. The number of ether oxygens (including phenoxy) is 2. The molecule has 0 aromatic heterocycles. The molecule has 1 spiro atoms. The minimum Gasteiger partial charge on any atom is -0.378 e. The lowest BCUT2D eigenvalue weighted by Gasteiger charge is -2.37. The first-order valence-corrected chi connectivity index (χ1v) is 4.18. The van der Waals surface area contributed by atoms with E-state index in [9.17, 15) is 4.79 Å². The van der Waals surface area contributed by atoms with Crippen LogP contribution in [-0.2, 0) is 14.3 Å². The minimum absolute atomic E-state index is 0.0625. The van der Waals surface area contributed by atoms with Crippen molar-refractivity contribution in [3.05, 3.63) is 0 Å². The normalized spacial score (nSPS) is 36.4. The van der Waals surface area contributed by atoms with E-state index in [4.69, 9.17) is 9.47 Å². The summed E-state index contributed by atoms with van der Waals surface area (Å²) in [5.74, 6) is 0.0625. The summed E-state index contributed by atoms with van der Waals surface area (Å²) in [4.78, 5) is 12.8. The molecule has 0 N–H and O–H groups in total. The highest BCUT2D eigenvalue weighted by atomic mass is 16.6. The maximum atomic E-state index is 11.1. The van der Waals surface area contributed by atoms with Gasteiger partial charge < -0.3 is 14.4 Å². The molecule has 4 nitrogen and oxygen atoms in total. The van der Waals surface area contributed by atoms with Crippen LogP contribution in [0.5, 0.6) is 0 Å². The lowest BCUT2D eigenvalue weighted by atomic mass is 10.0. The zero-order chi connectivity index (χ0) is 8.60. The first kappa shape index (κ1) is 8.01. The molecule has 4 heteroatoms. The molecule has 2 rings (SSSR count). The second kappa shape index (κ2) is 2.71. The fourth-order valence-corrected chi connectivity index (χ4v) is 1.72. The number of likely N-dealkylation sites (N-methyl/N-ethyl adjacent to an activating group) is 1. The van der Waals surface area contributed by atoms with E-state index in [1.807, 2.05) is 7.05 Å². The van der Waals surface area contributed by atoms with Crippen molar-refractivity contribution in [2.75, 3.05) is 33.4 Å². The highest BCUT2D eigenvalue weighted by Crippen LogP contribution is 2.26. The second-order valence-corrected chi connectivity index (χ2v) is 3.52. The molecule has 0 aromatic rings. The number of morpholine rings is 1.